The Balaban J connectivity index is 3.14. The summed E-state index contributed by atoms with van der Waals surface area (Å²) in [4.78, 5) is 0. The highest BCUT2D eigenvalue weighted by Crippen LogP contribution is 1.84. The molecule has 0 aliphatic heterocycles. The molecule has 0 aliphatic carbocycles. The van der Waals surface area contributed by atoms with Crippen LogP contribution in [0, 0.1) is 0 Å². The summed E-state index contributed by atoms with van der Waals surface area (Å²) in [7, 11) is 1.48. The van der Waals surface area contributed by atoms with Gasteiger partial charge in [-0.25, -0.2) is 0 Å². The molecule has 0 rings (SSSR count). The predicted molar refractivity (Wildman–Crippen MR) is 29.1 cm³/mol. The van der Waals surface area contributed by atoms with Crippen molar-refractivity contribution in [1.82, 2.24) is 0 Å². The number of hydrogen-bond acceptors (Lipinski definition) is 1. The lowest BCUT2D eigenvalue weighted by Gasteiger charge is -1.85. The Morgan fingerprint density at radius 2 is 2.17 bits per heavy atom. The van der Waals surface area contributed by atoms with Crippen molar-refractivity contribution in [3.63, 3.8) is 0 Å². The lowest BCUT2D eigenvalue weighted by molar-refractivity contribution is 0.528. The Morgan fingerprint density at radius 1 is 1.67 bits per heavy atom. The van der Waals surface area contributed by atoms with Gasteiger partial charge in [0.05, 0.1) is 6.26 Å². The minimum atomic E-state index is 1.20. The van der Waals surface area contributed by atoms with Gasteiger partial charge in [-0.2, -0.15) is 0 Å². The molecule has 0 amide bonds. The lowest BCUT2D eigenvalue weighted by atomic mass is 10.4. The molecular formula is C4H9OSi. The Morgan fingerprint density at radius 3 is 2.17 bits per heavy atom. The average Bonchev–Trinajstić information content (AvgIpc) is 1.35. The molecule has 0 unspecified atom stereocenters. The van der Waals surface area contributed by atoms with E-state index in [9.17, 15) is 0 Å². The van der Waals surface area contributed by atoms with Crippen LogP contribution in [0.25, 0.3) is 0 Å². The van der Waals surface area contributed by atoms with Gasteiger partial charge in [-0.1, -0.05) is 0 Å². The predicted octanol–water partition coefficient (Wildman–Crippen LogP) is 0.475. The van der Waals surface area contributed by atoms with E-state index in [2.05, 4.69) is 4.43 Å². The Bertz CT molecular complexity index is 54.6. The second-order valence-electron chi connectivity index (χ2n) is 1.36. The first-order valence-corrected chi connectivity index (χ1v) is 2.39. The van der Waals surface area contributed by atoms with Crippen LogP contribution < -0.4 is 0 Å². The van der Waals surface area contributed by atoms with Gasteiger partial charge in [0.15, 0.2) is 0 Å². The van der Waals surface area contributed by atoms with Crippen molar-refractivity contribution in [3.05, 3.63) is 11.8 Å². The Kier molecular flexibility index (Phi) is 2.85. The summed E-state index contributed by atoms with van der Waals surface area (Å²) in [5.74, 6) is 0. The molecule has 0 aromatic carbocycles. The zero-order valence-electron chi connectivity index (χ0n) is 4.19. The maximum atomic E-state index is 4.67. The summed E-state index contributed by atoms with van der Waals surface area (Å²) >= 11 is 0. The summed E-state index contributed by atoms with van der Waals surface area (Å²) in [6.45, 7) is 3.99. The third-order valence-electron chi connectivity index (χ3n) is 0.319. The third-order valence-corrected chi connectivity index (χ3v) is 0.486. The van der Waals surface area contributed by atoms with Crippen LogP contribution in [0.5, 0.6) is 0 Å². The maximum absolute atomic E-state index is 4.67. The Labute approximate surface area is 41.6 Å². The monoisotopic (exact) mass is 101 g/mol. The van der Waals surface area contributed by atoms with Gasteiger partial charge in [0.1, 0.15) is 0 Å². The van der Waals surface area contributed by atoms with E-state index in [1.165, 1.54) is 16.1 Å². The second kappa shape index (κ2) is 2.97. The van der Waals surface area contributed by atoms with Gasteiger partial charge in [0.25, 0.3) is 0 Å². The second-order valence-corrected chi connectivity index (χ2v) is 1.70. The molecule has 0 aromatic heterocycles. The SMILES string of the molecule is CC(C)=CO[SiH2]. The van der Waals surface area contributed by atoms with Crippen LogP contribution in [0.1, 0.15) is 13.8 Å². The molecule has 0 heterocycles. The van der Waals surface area contributed by atoms with E-state index >= 15 is 0 Å². The van der Waals surface area contributed by atoms with Crippen molar-refractivity contribution in [2.45, 2.75) is 13.8 Å². The van der Waals surface area contributed by atoms with E-state index in [0.29, 0.717) is 0 Å². The van der Waals surface area contributed by atoms with Crippen LogP contribution in [0.4, 0.5) is 0 Å². The molecule has 0 atom stereocenters. The number of allylic oxidation sites excluding steroid dienone is 1. The van der Waals surface area contributed by atoms with Crippen LogP contribution in [0.2, 0.25) is 0 Å². The minimum absolute atomic E-state index is 1.20. The van der Waals surface area contributed by atoms with Crippen molar-refractivity contribution in [2.24, 2.45) is 0 Å². The van der Waals surface area contributed by atoms with Crippen molar-refractivity contribution >= 4 is 10.5 Å². The number of rotatable bonds is 1. The van der Waals surface area contributed by atoms with Gasteiger partial charge in [-0.15, -0.1) is 0 Å². The van der Waals surface area contributed by atoms with Gasteiger partial charge >= 0.3 is 0 Å². The zero-order chi connectivity index (χ0) is 4.99. The van der Waals surface area contributed by atoms with Crippen molar-refractivity contribution < 1.29 is 4.43 Å². The quantitative estimate of drug-likeness (QED) is 0.345. The fraction of sp³-hybridized carbons (Fsp3) is 0.500. The molecule has 0 N–H and O–H groups in total. The molecule has 1 radical (unpaired) electrons. The molecule has 0 saturated carbocycles. The summed E-state index contributed by atoms with van der Waals surface area (Å²) < 4.78 is 4.67. The van der Waals surface area contributed by atoms with Crippen LogP contribution in [-0.2, 0) is 4.43 Å². The maximum Gasteiger partial charge on any atom is 0.242 e. The van der Waals surface area contributed by atoms with E-state index < -0.39 is 0 Å². The van der Waals surface area contributed by atoms with E-state index in [1.807, 2.05) is 13.8 Å². The standard InChI is InChI=1S/C4H9OSi/c1-4(2)3-5-6/h3H,6H2,1-2H3. The molecule has 0 spiro atoms. The summed E-state index contributed by atoms with van der Waals surface area (Å²) in [6.07, 6.45) is 1.72. The molecule has 6 heavy (non-hydrogen) atoms. The van der Waals surface area contributed by atoms with Gasteiger partial charge < -0.3 is 4.43 Å². The highest BCUT2D eigenvalue weighted by atomic mass is 28.2. The molecule has 35 valence electrons. The highest BCUT2D eigenvalue weighted by Gasteiger charge is 1.67. The first-order valence-electron chi connectivity index (χ1n) is 1.81. The molecular weight excluding hydrogens is 92.1 g/mol. The normalized spacial score (nSPS) is 7.17. The summed E-state index contributed by atoms with van der Waals surface area (Å²) in [5.41, 5.74) is 1.20. The van der Waals surface area contributed by atoms with Gasteiger partial charge in [0, 0.05) is 0 Å². The zero-order valence-corrected chi connectivity index (χ0v) is 5.61. The molecule has 0 fully saturated rings. The van der Waals surface area contributed by atoms with Crippen LogP contribution in [0.15, 0.2) is 11.8 Å². The van der Waals surface area contributed by atoms with Gasteiger partial charge in [-0.3, -0.25) is 0 Å². The number of hydrogen-bond donors (Lipinski definition) is 0. The summed E-state index contributed by atoms with van der Waals surface area (Å²) in [5, 5.41) is 0. The van der Waals surface area contributed by atoms with Crippen molar-refractivity contribution in [2.75, 3.05) is 0 Å². The first-order chi connectivity index (χ1) is 2.77. The third kappa shape index (κ3) is 3.76. The van der Waals surface area contributed by atoms with E-state index in [-0.39, 0.29) is 0 Å². The van der Waals surface area contributed by atoms with E-state index in [0.717, 1.165) is 0 Å². The van der Waals surface area contributed by atoms with Crippen molar-refractivity contribution in [1.29, 1.82) is 0 Å². The van der Waals surface area contributed by atoms with Crippen LogP contribution in [-0.4, -0.2) is 10.5 Å². The van der Waals surface area contributed by atoms with Crippen molar-refractivity contribution in [3.8, 4) is 0 Å². The van der Waals surface area contributed by atoms with Gasteiger partial charge in [0.2, 0.25) is 10.5 Å². The molecule has 0 aliphatic rings. The fourth-order valence-electron chi connectivity index (χ4n) is 0.167. The molecule has 1 nitrogen and oxygen atoms in total. The van der Waals surface area contributed by atoms with E-state index in [4.69, 9.17) is 0 Å². The van der Waals surface area contributed by atoms with E-state index in [1.54, 1.807) is 6.26 Å². The largest absolute Gasteiger partial charge is 0.555 e. The lowest BCUT2D eigenvalue weighted by Crippen LogP contribution is -1.69. The smallest absolute Gasteiger partial charge is 0.242 e. The van der Waals surface area contributed by atoms with Crippen LogP contribution >= 0.6 is 0 Å². The van der Waals surface area contributed by atoms with Crippen LogP contribution in [0.3, 0.4) is 0 Å². The molecule has 0 bridgehead atoms. The molecule has 0 saturated heterocycles. The Hall–Kier alpha value is -0.243. The average molecular weight is 101 g/mol. The molecule has 2 heteroatoms. The summed E-state index contributed by atoms with van der Waals surface area (Å²) in [6, 6.07) is 0. The highest BCUT2D eigenvalue weighted by molar-refractivity contribution is 5.98. The topological polar surface area (TPSA) is 9.23 Å². The first kappa shape index (κ1) is 5.76. The fourth-order valence-corrected chi connectivity index (χ4v) is 0.500. The van der Waals surface area contributed by atoms with Gasteiger partial charge in [-0.05, 0) is 19.4 Å². The molecule has 0 aromatic rings. The minimum Gasteiger partial charge on any atom is -0.555 e.